The summed E-state index contributed by atoms with van der Waals surface area (Å²) in [5, 5.41) is 0. The SMILES string of the molecule is CC(=O)O[C@@H]1C=C2CC[C@H]3[C@@H]4CC[C@H](C(=O)O[C@@H](C)c5ccccn5)[C@@]4(C)CC[C@@H]3[C@@]2(C)CC1. The highest BCUT2D eigenvalue weighted by molar-refractivity contribution is 5.74. The molecule has 0 spiro atoms. The third-order valence-electron chi connectivity index (χ3n) is 10.1. The molecule has 0 aromatic carbocycles. The Balaban J connectivity index is 1.31. The maximum atomic E-state index is 13.4. The molecule has 1 aromatic heterocycles. The van der Waals surface area contributed by atoms with Crippen molar-refractivity contribution in [2.75, 3.05) is 0 Å². The fourth-order valence-electron chi connectivity index (χ4n) is 8.32. The number of nitrogens with zero attached hydrogens (tertiary/aromatic N) is 1. The average Bonchev–Trinajstić information content (AvgIpc) is 3.17. The summed E-state index contributed by atoms with van der Waals surface area (Å²) in [5.74, 6) is 1.66. The largest absolute Gasteiger partial charge is 0.458 e. The van der Waals surface area contributed by atoms with Gasteiger partial charge in [-0.1, -0.05) is 25.5 Å². The molecular formula is C29H39NO4. The first-order chi connectivity index (χ1) is 16.2. The molecule has 1 heterocycles. The number of esters is 2. The fourth-order valence-corrected chi connectivity index (χ4v) is 8.32. The minimum absolute atomic E-state index is 0.0194. The lowest BCUT2D eigenvalue weighted by Crippen LogP contribution is -2.51. The van der Waals surface area contributed by atoms with E-state index in [0.29, 0.717) is 17.8 Å². The Labute approximate surface area is 203 Å². The Morgan fingerprint density at radius 1 is 1.06 bits per heavy atom. The maximum Gasteiger partial charge on any atom is 0.310 e. The van der Waals surface area contributed by atoms with Crippen molar-refractivity contribution in [2.45, 2.75) is 91.3 Å². The fraction of sp³-hybridized carbons (Fsp3) is 0.690. The number of rotatable bonds is 4. The molecular weight excluding hydrogens is 426 g/mol. The topological polar surface area (TPSA) is 65.5 Å². The predicted molar refractivity (Wildman–Crippen MR) is 129 cm³/mol. The standard InChI is InChI=1S/C29H39NO4/c1-18(26-7-5-6-16-30-26)33-27(32)25-11-10-23-22-9-8-20-17-21(34-19(2)31)12-14-28(20,3)24(22)13-15-29(23,25)4/h5-7,16-18,21-25H,8-15H2,1-4H3/t18-,21-,22-,23-,24-,25+,28-,29-/m0/s1. The molecule has 34 heavy (non-hydrogen) atoms. The second-order valence-corrected chi connectivity index (χ2v) is 11.7. The third-order valence-corrected chi connectivity index (χ3v) is 10.1. The van der Waals surface area contributed by atoms with E-state index in [-0.39, 0.29) is 40.9 Å². The first-order valence-electron chi connectivity index (χ1n) is 13.2. The number of hydrogen-bond acceptors (Lipinski definition) is 5. The Bertz CT molecular complexity index is 974. The molecule has 1 aromatic rings. The first kappa shape index (κ1) is 23.6. The molecule has 8 atom stereocenters. The summed E-state index contributed by atoms with van der Waals surface area (Å²) in [5.41, 5.74) is 2.54. The van der Waals surface area contributed by atoms with Gasteiger partial charge in [0.15, 0.2) is 0 Å². The molecule has 0 saturated heterocycles. The van der Waals surface area contributed by atoms with E-state index in [1.807, 2.05) is 25.1 Å². The van der Waals surface area contributed by atoms with Gasteiger partial charge >= 0.3 is 11.9 Å². The van der Waals surface area contributed by atoms with Crippen LogP contribution in [0.25, 0.3) is 0 Å². The van der Waals surface area contributed by atoms with Crippen molar-refractivity contribution in [3.05, 3.63) is 41.7 Å². The van der Waals surface area contributed by atoms with Crippen LogP contribution < -0.4 is 0 Å². The van der Waals surface area contributed by atoms with Crippen LogP contribution in [0.2, 0.25) is 0 Å². The molecule has 0 unspecified atom stereocenters. The molecule has 0 aliphatic heterocycles. The van der Waals surface area contributed by atoms with E-state index in [1.54, 1.807) is 6.20 Å². The van der Waals surface area contributed by atoms with Crippen LogP contribution in [0.1, 0.15) is 90.9 Å². The molecule has 0 N–H and O–H groups in total. The van der Waals surface area contributed by atoms with Gasteiger partial charge in [0.05, 0.1) is 11.6 Å². The van der Waals surface area contributed by atoms with Crippen molar-refractivity contribution < 1.29 is 19.1 Å². The van der Waals surface area contributed by atoms with Gasteiger partial charge in [0.25, 0.3) is 0 Å². The number of allylic oxidation sites excluding steroid dienone is 1. The van der Waals surface area contributed by atoms with Crippen LogP contribution in [0.15, 0.2) is 36.0 Å². The van der Waals surface area contributed by atoms with E-state index >= 15 is 0 Å². The van der Waals surface area contributed by atoms with Gasteiger partial charge in [-0.15, -0.1) is 0 Å². The summed E-state index contributed by atoms with van der Waals surface area (Å²) in [7, 11) is 0. The van der Waals surface area contributed by atoms with E-state index in [9.17, 15) is 9.59 Å². The normalized spacial score (nSPS) is 39.6. The Morgan fingerprint density at radius 2 is 1.88 bits per heavy atom. The van der Waals surface area contributed by atoms with Gasteiger partial charge in [-0.2, -0.15) is 0 Å². The van der Waals surface area contributed by atoms with Gasteiger partial charge in [0.1, 0.15) is 12.2 Å². The zero-order chi connectivity index (χ0) is 24.1. The highest BCUT2D eigenvalue weighted by atomic mass is 16.5. The van der Waals surface area contributed by atoms with Crippen molar-refractivity contribution in [2.24, 2.45) is 34.5 Å². The van der Waals surface area contributed by atoms with Crippen molar-refractivity contribution >= 4 is 11.9 Å². The summed E-state index contributed by atoms with van der Waals surface area (Å²) in [4.78, 5) is 29.2. The summed E-state index contributed by atoms with van der Waals surface area (Å²) in [6.45, 7) is 8.25. The van der Waals surface area contributed by atoms with E-state index in [0.717, 1.165) is 44.2 Å². The van der Waals surface area contributed by atoms with Gasteiger partial charge in [-0.3, -0.25) is 14.6 Å². The number of fused-ring (bicyclic) bond motifs is 5. The van der Waals surface area contributed by atoms with Gasteiger partial charge in [-0.05, 0) is 105 Å². The lowest BCUT2D eigenvalue weighted by atomic mass is 9.47. The number of aromatic nitrogens is 1. The van der Waals surface area contributed by atoms with E-state index < -0.39 is 0 Å². The zero-order valence-electron chi connectivity index (χ0n) is 21.1. The molecule has 184 valence electrons. The molecule has 0 radical (unpaired) electrons. The lowest BCUT2D eigenvalue weighted by molar-refractivity contribution is -0.161. The van der Waals surface area contributed by atoms with Crippen molar-refractivity contribution in [1.82, 2.24) is 4.98 Å². The molecule has 0 amide bonds. The quantitative estimate of drug-likeness (QED) is 0.391. The van der Waals surface area contributed by atoms with Gasteiger partial charge in [-0.25, -0.2) is 0 Å². The Kier molecular flexibility index (Phi) is 6.10. The number of carbonyl (C=O) groups excluding carboxylic acids is 2. The molecule has 5 rings (SSSR count). The zero-order valence-corrected chi connectivity index (χ0v) is 21.1. The molecule has 4 aliphatic carbocycles. The van der Waals surface area contributed by atoms with E-state index in [1.165, 1.54) is 25.3 Å². The van der Waals surface area contributed by atoms with Crippen LogP contribution in [0.5, 0.6) is 0 Å². The molecule has 3 fully saturated rings. The predicted octanol–water partition coefficient (Wildman–Crippen LogP) is 6.20. The molecule has 5 heteroatoms. The van der Waals surface area contributed by atoms with E-state index in [4.69, 9.17) is 9.47 Å². The van der Waals surface area contributed by atoms with Crippen LogP contribution in [-0.4, -0.2) is 23.0 Å². The summed E-state index contributed by atoms with van der Waals surface area (Å²) >= 11 is 0. The Hall–Kier alpha value is -2.17. The van der Waals surface area contributed by atoms with Gasteiger partial charge in [0.2, 0.25) is 0 Å². The number of pyridine rings is 1. The summed E-state index contributed by atoms with van der Waals surface area (Å²) in [6, 6.07) is 5.74. The van der Waals surface area contributed by atoms with Crippen LogP contribution in [-0.2, 0) is 19.1 Å². The van der Waals surface area contributed by atoms with Crippen molar-refractivity contribution in [3.8, 4) is 0 Å². The Morgan fingerprint density at radius 3 is 2.62 bits per heavy atom. The number of hydrogen-bond donors (Lipinski definition) is 0. The minimum atomic E-state index is -0.318. The van der Waals surface area contributed by atoms with Crippen LogP contribution >= 0.6 is 0 Å². The highest BCUT2D eigenvalue weighted by Crippen LogP contribution is 2.67. The van der Waals surface area contributed by atoms with Crippen molar-refractivity contribution in [3.63, 3.8) is 0 Å². The van der Waals surface area contributed by atoms with Crippen LogP contribution in [0, 0.1) is 34.5 Å². The number of ether oxygens (including phenoxy) is 2. The lowest BCUT2D eigenvalue weighted by Gasteiger charge is -2.58. The molecule has 5 nitrogen and oxygen atoms in total. The van der Waals surface area contributed by atoms with Crippen LogP contribution in [0.4, 0.5) is 0 Å². The average molecular weight is 466 g/mol. The van der Waals surface area contributed by atoms with Gasteiger partial charge < -0.3 is 9.47 Å². The maximum absolute atomic E-state index is 13.4. The summed E-state index contributed by atoms with van der Waals surface area (Å²) < 4.78 is 11.5. The monoisotopic (exact) mass is 465 g/mol. The molecule has 4 aliphatic rings. The second kappa shape index (κ2) is 8.80. The smallest absolute Gasteiger partial charge is 0.310 e. The van der Waals surface area contributed by atoms with Crippen molar-refractivity contribution in [1.29, 1.82) is 0 Å². The van der Waals surface area contributed by atoms with E-state index in [2.05, 4.69) is 24.9 Å². The van der Waals surface area contributed by atoms with Crippen LogP contribution in [0.3, 0.4) is 0 Å². The second-order valence-electron chi connectivity index (χ2n) is 11.7. The molecule has 3 saturated carbocycles. The minimum Gasteiger partial charge on any atom is -0.458 e. The first-order valence-corrected chi connectivity index (χ1v) is 13.2. The molecule has 0 bridgehead atoms. The highest BCUT2D eigenvalue weighted by Gasteiger charge is 2.60. The third kappa shape index (κ3) is 3.89. The summed E-state index contributed by atoms with van der Waals surface area (Å²) in [6.07, 6.45) is 12.3. The van der Waals surface area contributed by atoms with Gasteiger partial charge in [0, 0.05) is 13.1 Å². The number of carbonyl (C=O) groups is 2.